The average molecular weight is 376 g/mol. The highest BCUT2D eigenvalue weighted by Gasteiger charge is 2.54. The maximum absolute atomic E-state index is 6.32. The first-order valence-electron chi connectivity index (χ1n) is 11.0. The largest absolute Gasteiger partial charge is 0.461 e. The van der Waals surface area contributed by atoms with Crippen molar-refractivity contribution in [1.82, 2.24) is 0 Å². The predicted molar refractivity (Wildman–Crippen MR) is 118 cm³/mol. The zero-order valence-corrected chi connectivity index (χ0v) is 20.1. The van der Waals surface area contributed by atoms with Crippen LogP contribution in [-0.4, -0.2) is 18.3 Å². The topological polar surface area (TPSA) is 18.5 Å². The number of hydrogen-bond donors (Lipinski definition) is 0. The van der Waals surface area contributed by atoms with E-state index in [0.717, 1.165) is 0 Å². The third kappa shape index (κ3) is 5.13. The van der Waals surface area contributed by atoms with Gasteiger partial charge in [-0.05, 0) is 69.0 Å². The van der Waals surface area contributed by atoms with E-state index in [2.05, 4.69) is 89.0 Å². The van der Waals surface area contributed by atoms with Gasteiger partial charge in [0.1, 0.15) is 0 Å². The lowest BCUT2D eigenvalue weighted by Gasteiger charge is -2.38. The lowest BCUT2D eigenvalue weighted by molar-refractivity contribution is 0.00578. The van der Waals surface area contributed by atoms with Crippen LogP contribution in [0.4, 0.5) is 0 Å². The first-order chi connectivity index (χ1) is 12.2. The van der Waals surface area contributed by atoms with E-state index in [9.17, 15) is 0 Å². The van der Waals surface area contributed by atoms with Gasteiger partial charge < -0.3 is 9.31 Å². The van der Waals surface area contributed by atoms with E-state index >= 15 is 0 Å². The van der Waals surface area contributed by atoms with E-state index < -0.39 is 0 Å². The lowest BCUT2D eigenvalue weighted by atomic mass is 9.59. The van der Waals surface area contributed by atoms with Crippen LogP contribution in [0.5, 0.6) is 0 Å². The number of rotatable bonds is 8. The zero-order valence-electron chi connectivity index (χ0n) is 20.1. The molecule has 1 saturated heterocycles. The Hall–Kier alpha value is -0.455. The number of hydrogen-bond acceptors (Lipinski definition) is 2. The van der Waals surface area contributed by atoms with Crippen LogP contribution in [0.2, 0.25) is 5.82 Å². The molecule has 1 heterocycles. The molecule has 0 aromatic heterocycles. The van der Waals surface area contributed by atoms with E-state index in [1.54, 1.807) is 0 Å². The Balaban J connectivity index is 2.80. The Bertz CT molecular complexity index is 505. The molecule has 8 atom stereocenters. The van der Waals surface area contributed by atoms with Crippen LogP contribution in [0.15, 0.2) is 0 Å². The van der Waals surface area contributed by atoms with Crippen LogP contribution in [0.1, 0.15) is 83.1 Å². The average Bonchev–Trinajstić information content (AvgIpc) is 2.83. The second-order valence-corrected chi connectivity index (χ2v) is 10.6. The van der Waals surface area contributed by atoms with Crippen LogP contribution in [0.3, 0.4) is 0 Å². The van der Waals surface area contributed by atoms with Crippen molar-refractivity contribution in [1.29, 1.82) is 0 Å². The quantitative estimate of drug-likeness (QED) is 0.353. The molecule has 0 radical (unpaired) electrons. The highest BCUT2D eigenvalue weighted by Crippen LogP contribution is 2.45. The molecule has 0 bridgehead atoms. The summed E-state index contributed by atoms with van der Waals surface area (Å²) in [6, 6.07) is 0. The van der Waals surface area contributed by atoms with Crippen molar-refractivity contribution in [2.24, 2.45) is 41.4 Å². The van der Waals surface area contributed by atoms with Crippen molar-refractivity contribution >= 4 is 7.12 Å². The first-order valence-corrected chi connectivity index (χ1v) is 11.0. The van der Waals surface area contributed by atoms with E-state index in [0.29, 0.717) is 47.2 Å². The zero-order chi connectivity index (χ0) is 21.3. The summed E-state index contributed by atoms with van der Waals surface area (Å²) in [6.07, 6.45) is 5.67. The molecule has 27 heavy (non-hydrogen) atoms. The summed E-state index contributed by atoms with van der Waals surface area (Å²) >= 11 is 0. The standard InChI is InChI=1S/C24H45BO2/c1-14-15(2)16(3)17(4)18(5)19(6)20(7)21(8)22(9)25-26-23(10,11)24(12,13)27-25/h1,15-22H,2-13H3/t15-,16+,17-,18+,19-,20+,21-,22+/m1/s1. The molecular formula is C24H45BO2. The summed E-state index contributed by atoms with van der Waals surface area (Å²) in [7, 11) is -0.132. The van der Waals surface area contributed by atoms with Crippen LogP contribution < -0.4 is 0 Å². The van der Waals surface area contributed by atoms with Crippen molar-refractivity contribution in [3.8, 4) is 12.3 Å². The van der Waals surface area contributed by atoms with Gasteiger partial charge in [-0.3, -0.25) is 0 Å². The molecule has 0 spiro atoms. The molecule has 2 nitrogen and oxygen atoms in total. The third-order valence-corrected chi connectivity index (χ3v) is 8.73. The second-order valence-electron chi connectivity index (χ2n) is 10.6. The maximum Gasteiger partial charge on any atom is 0.461 e. The Morgan fingerprint density at radius 2 is 0.963 bits per heavy atom. The summed E-state index contributed by atoms with van der Waals surface area (Å²) in [5, 5.41) is 0. The molecule has 1 aliphatic heterocycles. The highest BCUT2D eigenvalue weighted by atomic mass is 16.7. The third-order valence-electron chi connectivity index (χ3n) is 8.73. The summed E-state index contributed by atoms with van der Waals surface area (Å²) in [4.78, 5) is 0. The van der Waals surface area contributed by atoms with Crippen LogP contribution in [0.25, 0.3) is 0 Å². The molecule has 0 unspecified atom stereocenters. The fraction of sp³-hybridized carbons (Fsp3) is 0.917. The SMILES string of the molecule is C#C[C@@H](C)[C@H](C)[C@@H](C)[C@H](C)[C@@H](C)[C@H](C)[C@@H](C)[C@H](C)B1OC(C)(C)C(C)(C)O1. The van der Waals surface area contributed by atoms with Crippen molar-refractivity contribution in [3.63, 3.8) is 0 Å². The highest BCUT2D eigenvalue weighted by molar-refractivity contribution is 6.47. The van der Waals surface area contributed by atoms with Gasteiger partial charge in [0.15, 0.2) is 0 Å². The van der Waals surface area contributed by atoms with Crippen LogP contribution >= 0.6 is 0 Å². The molecule has 0 N–H and O–H groups in total. The minimum absolute atomic E-state index is 0.132. The second kappa shape index (κ2) is 8.92. The van der Waals surface area contributed by atoms with Crippen molar-refractivity contribution in [3.05, 3.63) is 0 Å². The van der Waals surface area contributed by atoms with Crippen LogP contribution in [0, 0.1) is 53.8 Å². The smallest absolute Gasteiger partial charge is 0.403 e. The Kier molecular flexibility index (Phi) is 8.12. The monoisotopic (exact) mass is 376 g/mol. The predicted octanol–water partition coefficient (Wildman–Crippen LogP) is 6.55. The van der Waals surface area contributed by atoms with E-state index in [1.165, 1.54) is 0 Å². The van der Waals surface area contributed by atoms with Crippen LogP contribution in [-0.2, 0) is 9.31 Å². The van der Waals surface area contributed by atoms with Gasteiger partial charge in [-0.1, -0.05) is 55.4 Å². The Morgan fingerprint density at radius 1 is 0.630 bits per heavy atom. The molecule has 1 aliphatic rings. The molecule has 0 saturated carbocycles. The fourth-order valence-corrected chi connectivity index (χ4v) is 4.35. The number of terminal acetylenes is 1. The molecule has 0 aliphatic carbocycles. The van der Waals surface area contributed by atoms with Gasteiger partial charge >= 0.3 is 7.12 Å². The molecule has 0 aromatic carbocycles. The van der Waals surface area contributed by atoms with E-state index in [-0.39, 0.29) is 18.3 Å². The first kappa shape index (κ1) is 24.6. The van der Waals surface area contributed by atoms with Crippen molar-refractivity contribution in [2.75, 3.05) is 0 Å². The van der Waals surface area contributed by atoms with Gasteiger partial charge in [0, 0.05) is 5.92 Å². The molecule has 0 aromatic rings. The van der Waals surface area contributed by atoms with Gasteiger partial charge in [0.25, 0.3) is 0 Å². The summed E-state index contributed by atoms with van der Waals surface area (Å²) < 4.78 is 12.6. The summed E-state index contributed by atoms with van der Waals surface area (Å²) in [5.41, 5.74) is -0.522. The van der Waals surface area contributed by atoms with Gasteiger partial charge in [0.05, 0.1) is 11.2 Å². The van der Waals surface area contributed by atoms with Gasteiger partial charge in [-0.15, -0.1) is 12.3 Å². The molecule has 1 fully saturated rings. The van der Waals surface area contributed by atoms with Crippen molar-refractivity contribution in [2.45, 2.75) is 100 Å². The molecular weight excluding hydrogens is 331 g/mol. The van der Waals surface area contributed by atoms with Gasteiger partial charge in [-0.2, -0.15) is 0 Å². The summed E-state index contributed by atoms with van der Waals surface area (Å²) in [6.45, 7) is 27.2. The molecule has 0 amide bonds. The fourth-order valence-electron chi connectivity index (χ4n) is 4.35. The Labute approximate surface area is 170 Å². The van der Waals surface area contributed by atoms with E-state index in [4.69, 9.17) is 15.7 Å². The lowest BCUT2D eigenvalue weighted by Crippen LogP contribution is -2.41. The molecule has 3 heteroatoms. The maximum atomic E-state index is 6.32. The molecule has 156 valence electrons. The minimum Gasteiger partial charge on any atom is -0.403 e. The van der Waals surface area contributed by atoms with Crippen molar-refractivity contribution < 1.29 is 9.31 Å². The minimum atomic E-state index is -0.261. The van der Waals surface area contributed by atoms with Gasteiger partial charge in [0.2, 0.25) is 0 Å². The molecule has 1 rings (SSSR count). The van der Waals surface area contributed by atoms with Gasteiger partial charge in [-0.25, -0.2) is 0 Å². The normalized spacial score (nSPS) is 27.7. The summed E-state index contributed by atoms with van der Waals surface area (Å²) in [5.74, 6) is 7.10. The Morgan fingerprint density at radius 3 is 1.33 bits per heavy atom. The van der Waals surface area contributed by atoms with E-state index in [1.807, 2.05) is 0 Å².